The molecular formula is C23H29N7O3S. The van der Waals surface area contributed by atoms with Gasteiger partial charge < -0.3 is 19.9 Å². The Labute approximate surface area is 202 Å². The van der Waals surface area contributed by atoms with Crippen LogP contribution in [-0.4, -0.2) is 87.8 Å². The molecule has 0 unspecified atom stereocenters. The van der Waals surface area contributed by atoms with Crippen molar-refractivity contribution in [1.29, 1.82) is 0 Å². The van der Waals surface area contributed by atoms with Crippen molar-refractivity contribution < 1.29 is 14.3 Å². The molecule has 11 heteroatoms. The van der Waals surface area contributed by atoms with Gasteiger partial charge in [-0.1, -0.05) is 12.1 Å². The second-order valence-electron chi connectivity index (χ2n) is 8.02. The molecule has 0 spiro atoms. The van der Waals surface area contributed by atoms with Crippen LogP contribution < -0.4 is 15.0 Å². The number of aromatic nitrogens is 4. The summed E-state index contributed by atoms with van der Waals surface area (Å²) in [6.07, 6.45) is 5.86. The molecule has 1 aromatic carbocycles. The second kappa shape index (κ2) is 10.7. The molecule has 0 saturated carbocycles. The molecule has 3 heterocycles. The Morgan fingerprint density at radius 1 is 1.18 bits per heavy atom. The van der Waals surface area contributed by atoms with Crippen LogP contribution in [0.2, 0.25) is 0 Å². The van der Waals surface area contributed by atoms with E-state index in [4.69, 9.17) is 4.74 Å². The van der Waals surface area contributed by atoms with Crippen molar-refractivity contribution in [2.24, 2.45) is 7.05 Å². The largest absolute Gasteiger partial charge is 0.496 e. The smallest absolute Gasteiger partial charge is 0.255 e. The highest BCUT2D eigenvalue weighted by Gasteiger charge is 2.30. The average molecular weight is 484 g/mol. The second-order valence-corrected chi connectivity index (χ2v) is 9.01. The van der Waals surface area contributed by atoms with Crippen molar-refractivity contribution in [2.45, 2.75) is 12.5 Å². The molecule has 1 N–H and O–H groups in total. The lowest BCUT2D eigenvalue weighted by molar-refractivity contribution is -0.133. The topological polar surface area (TPSA) is 105 Å². The van der Waals surface area contributed by atoms with Crippen LogP contribution in [0.4, 0.5) is 5.82 Å². The summed E-state index contributed by atoms with van der Waals surface area (Å²) in [7, 11) is 3.38. The number of thioether (sulfide) groups is 1. The zero-order chi connectivity index (χ0) is 24.1. The van der Waals surface area contributed by atoms with Crippen LogP contribution in [0.3, 0.4) is 0 Å². The SMILES string of the molecule is COc1ccccc1C(=O)N[C@@H](CCSC)C(=O)N1CCN(c2ncnc3c2cnn3C)CC1. The van der Waals surface area contributed by atoms with E-state index >= 15 is 0 Å². The molecule has 0 bridgehead atoms. The molecule has 0 aliphatic carbocycles. The summed E-state index contributed by atoms with van der Waals surface area (Å²) in [4.78, 5) is 39.1. The number of piperazine rings is 1. The summed E-state index contributed by atoms with van der Waals surface area (Å²) in [5, 5.41) is 8.12. The standard InChI is InChI=1S/C23H29N7O3S/c1-28-20-17(14-26-28)21(25-15-24-20)29-9-11-30(12-10-29)23(32)18(8-13-34-3)27-22(31)16-6-4-5-7-19(16)33-2/h4-7,14-15,18H,8-13H2,1-3H3,(H,27,31)/t18-/m0/s1. The van der Waals surface area contributed by atoms with Gasteiger partial charge in [0.1, 0.15) is 23.9 Å². The third-order valence-electron chi connectivity index (χ3n) is 5.96. The normalized spacial score (nSPS) is 14.8. The number of hydrogen-bond acceptors (Lipinski definition) is 8. The van der Waals surface area contributed by atoms with E-state index in [2.05, 4.69) is 25.3 Å². The number of ether oxygens (including phenoxy) is 1. The third-order valence-corrected chi connectivity index (χ3v) is 6.61. The van der Waals surface area contributed by atoms with Gasteiger partial charge in [-0.05, 0) is 30.6 Å². The lowest BCUT2D eigenvalue weighted by atomic mass is 10.1. The van der Waals surface area contributed by atoms with Crippen molar-refractivity contribution >= 4 is 40.4 Å². The summed E-state index contributed by atoms with van der Waals surface area (Å²) < 4.78 is 7.03. The van der Waals surface area contributed by atoms with E-state index < -0.39 is 6.04 Å². The number of amides is 2. The molecule has 10 nitrogen and oxygen atoms in total. The molecule has 0 radical (unpaired) electrons. The predicted octanol–water partition coefficient (Wildman–Crippen LogP) is 1.57. The molecule has 1 saturated heterocycles. The van der Waals surface area contributed by atoms with Crippen LogP contribution in [0, 0.1) is 0 Å². The van der Waals surface area contributed by atoms with E-state index in [0.717, 1.165) is 22.6 Å². The van der Waals surface area contributed by atoms with Crippen molar-refractivity contribution in [3.8, 4) is 5.75 Å². The molecule has 180 valence electrons. The number of benzene rings is 1. The molecule has 1 atom stereocenters. The van der Waals surface area contributed by atoms with Crippen LogP contribution in [0.1, 0.15) is 16.8 Å². The molecule has 34 heavy (non-hydrogen) atoms. The first-order chi connectivity index (χ1) is 16.5. The maximum atomic E-state index is 13.4. The minimum absolute atomic E-state index is 0.0637. The number of carbonyl (C=O) groups is 2. The molecule has 1 fully saturated rings. The number of fused-ring (bicyclic) bond motifs is 1. The number of nitrogens with one attached hydrogen (secondary N) is 1. The Morgan fingerprint density at radius 2 is 1.94 bits per heavy atom. The van der Waals surface area contributed by atoms with Gasteiger partial charge in [0.25, 0.3) is 5.91 Å². The van der Waals surface area contributed by atoms with Crippen LogP contribution >= 0.6 is 11.8 Å². The highest BCUT2D eigenvalue weighted by molar-refractivity contribution is 7.98. The van der Waals surface area contributed by atoms with Crippen LogP contribution in [-0.2, 0) is 11.8 Å². The highest BCUT2D eigenvalue weighted by Crippen LogP contribution is 2.23. The predicted molar refractivity (Wildman–Crippen MR) is 132 cm³/mol. The number of methoxy groups -OCH3 is 1. The van der Waals surface area contributed by atoms with E-state index in [1.54, 1.807) is 47.2 Å². The first-order valence-electron chi connectivity index (χ1n) is 11.1. The Hall–Kier alpha value is -3.34. The number of rotatable bonds is 8. The van der Waals surface area contributed by atoms with Crippen LogP contribution in [0.5, 0.6) is 5.75 Å². The van der Waals surface area contributed by atoms with Crippen molar-refractivity contribution in [3.05, 3.63) is 42.4 Å². The fourth-order valence-corrected chi connectivity index (χ4v) is 4.59. The maximum absolute atomic E-state index is 13.4. The monoisotopic (exact) mass is 483 g/mol. The first-order valence-corrected chi connectivity index (χ1v) is 12.5. The van der Waals surface area contributed by atoms with E-state index in [1.807, 2.05) is 24.3 Å². The maximum Gasteiger partial charge on any atom is 0.255 e. The number of hydrogen-bond donors (Lipinski definition) is 1. The average Bonchev–Trinajstić information content (AvgIpc) is 3.27. The fraction of sp³-hybridized carbons (Fsp3) is 0.435. The van der Waals surface area contributed by atoms with E-state index in [1.165, 1.54) is 7.11 Å². The molecule has 3 aromatic rings. The van der Waals surface area contributed by atoms with Crippen molar-refractivity contribution in [3.63, 3.8) is 0 Å². The lowest BCUT2D eigenvalue weighted by Crippen LogP contribution is -2.55. The third kappa shape index (κ3) is 4.93. The Morgan fingerprint density at radius 3 is 2.68 bits per heavy atom. The number of anilines is 1. The van der Waals surface area contributed by atoms with Crippen molar-refractivity contribution in [1.82, 2.24) is 30.0 Å². The van der Waals surface area contributed by atoms with Crippen LogP contribution in [0.25, 0.3) is 11.0 Å². The summed E-state index contributed by atoms with van der Waals surface area (Å²) in [5.74, 6) is 1.70. The number of nitrogens with zero attached hydrogens (tertiary/aromatic N) is 6. The fourth-order valence-electron chi connectivity index (χ4n) is 4.12. The Balaban J connectivity index is 1.44. The van der Waals surface area contributed by atoms with Gasteiger partial charge in [-0.15, -0.1) is 0 Å². The van der Waals surface area contributed by atoms with Crippen molar-refractivity contribution in [2.75, 3.05) is 50.2 Å². The van der Waals surface area contributed by atoms with E-state index in [9.17, 15) is 9.59 Å². The van der Waals surface area contributed by atoms with Gasteiger partial charge in [0, 0.05) is 33.2 Å². The van der Waals surface area contributed by atoms with Gasteiger partial charge in [-0.25, -0.2) is 9.97 Å². The number of aryl methyl sites for hydroxylation is 1. The molecule has 4 rings (SSSR count). The summed E-state index contributed by atoms with van der Waals surface area (Å²) in [6, 6.07) is 6.42. The number of para-hydroxylation sites is 1. The zero-order valence-electron chi connectivity index (χ0n) is 19.6. The number of carbonyl (C=O) groups excluding carboxylic acids is 2. The lowest BCUT2D eigenvalue weighted by Gasteiger charge is -2.37. The summed E-state index contributed by atoms with van der Waals surface area (Å²) in [5.41, 5.74) is 1.20. The minimum Gasteiger partial charge on any atom is -0.496 e. The van der Waals surface area contributed by atoms with E-state index in [-0.39, 0.29) is 11.8 Å². The Kier molecular flexibility index (Phi) is 7.51. The molecule has 1 aliphatic rings. The van der Waals surface area contributed by atoms with Gasteiger partial charge in [-0.2, -0.15) is 16.9 Å². The highest BCUT2D eigenvalue weighted by atomic mass is 32.2. The minimum atomic E-state index is -0.597. The van der Waals surface area contributed by atoms with E-state index in [0.29, 0.717) is 43.9 Å². The summed E-state index contributed by atoms with van der Waals surface area (Å²) >= 11 is 1.65. The molecule has 2 aromatic heterocycles. The van der Waals surface area contributed by atoms with Crippen LogP contribution in [0.15, 0.2) is 36.8 Å². The zero-order valence-corrected chi connectivity index (χ0v) is 20.4. The van der Waals surface area contributed by atoms with Gasteiger partial charge >= 0.3 is 0 Å². The molecule has 1 aliphatic heterocycles. The van der Waals surface area contributed by atoms with Gasteiger partial charge in [0.2, 0.25) is 5.91 Å². The first kappa shape index (κ1) is 23.8. The summed E-state index contributed by atoms with van der Waals surface area (Å²) in [6.45, 7) is 2.38. The van der Waals surface area contributed by atoms with Gasteiger partial charge in [-0.3, -0.25) is 14.3 Å². The molecule has 2 amide bonds. The van der Waals surface area contributed by atoms with Gasteiger partial charge in [0.15, 0.2) is 5.65 Å². The molecular weight excluding hydrogens is 454 g/mol. The quantitative estimate of drug-likeness (QED) is 0.515. The Bertz CT molecular complexity index is 1160. The van der Waals surface area contributed by atoms with Gasteiger partial charge in [0.05, 0.1) is 24.3 Å².